The summed E-state index contributed by atoms with van der Waals surface area (Å²) in [6, 6.07) is 32.6. The van der Waals surface area contributed by atoms with Gasteiger partial charge in [0.25, 0.3) is 0 Å². The number of fused-ring (bicyclic) bond motifs is 3. The van der Waals surface area contributed by atoms with E-state index in [0.717, 1.165) is 11.2 Å². The van der Waals surface area contributed by atoms with Gasteiger partial charge in [-0.3, -0.25) is 0 Å². The fourth-order valence-electron chi connectivity index (χ4n) is 3.93. The molecule has 0 spiro atoms. The van der Waals surface area contributed by atoms with Gasteiger partial charge >= 0.3 is 0 Å². The first-order valence-electron chi connectivity index (χ1n) is 10.1. The Morgan fingerprint density at radius 2 is 1.14 bits per heavy atom. The molecule has 0 aliphatic heterocycles. The summed E-state index contributed by atoms with van der Waals surface area (Å²) in [5.74, 6) is 0. The molecule has 0 bridgehead atoms. The van der Waals surface area contributed by atoms with Crippen molar-refractivity contribution in [3.63, 3.8) is 0 Å². The van der Waals surface area contributed by atoms with Crippen molar-refractivity contribution >= 4 is 35.2 Å². The molecule has 29 heavy (non-hydrogen) atoms. The zero-order valence-electron chi connectivity index (χ0n) is 17.1. The van der Waals surface area contributed by atoms with Crippen molar-refractivity contribution in [3.05, 3.63) is 91.0 Å². The highest BCUT2D eigenvalue weighted by Crippen LogP contribution is 2.33. The summed E-state index contributed by atoms with van der Waals surface area (Å²) in [7, 11) is -1.31. The van der Waals surface area contributed by atoms with Crippen molar-refractivity contribution in [1.82, 2.24) is 0 Å². The molecule has 2 heteroatoms. The predicted molar refractivity (Wildman–Crippen MR) is 128 cm³/mol. The zero-order chi connectivity index (χ0) is 20.0. The third kappa shape index (κ3) is 3.30. The Morgan fingerprint density at radius 3 is 1.86 bits per heavy atom. The third-order valence-corrected chi connectivity index (χ3v) is 7.70. The minimum atomic E-state index is -1.31. The number of para-hydroxylation sites is 1. The van der Waals surface area contributed by atoms with Crippen LogP contribution >= 0.6 is 0 Å². The van der Waals surface area contributed by atoms with E-state index in [9.17, 15) is 0 Å². The smallest absolute Gasteiger partial charge is 0.135 e. The van der Waals surface area contributed by atoms with Crippen molar-refractivity contribution in [3.8, 4) is 22.3 Å². The fourth-order valence-corrected chi connectivity index (χ4v) is 5.11. The monoisotopic (exact) mass is 392 g/mol. The van der Waals surface area contributed by atoms with E-state index in [0.29, 0.717) is 0 Å². The van der Waals surface area contributed by atoms with Crippen molar-refractivity contribution in [1.29, 1.82) is 0 Å². The van der Waals surface area contributed by atoms with E-state index >= 15 is 0 Å². The summed E-state index contributed by atoms with van der Waals surface area (Å²) in [5.41, 5.74) is 6.89. The molecule has 5 aromatic rings. The zero-order valence-corrected chi connectivity index (χ0v) is 18.1. The number of hydrogen-bond acceptors (Lipinski definition) is 1. The van der Waals surface area contributed by atoms with Gasteiger partial charge in [-0.2, -0.15) is 0 Å². The van der Waals surface area contributed by atoms with Crippen LogP contribution in [0.15, 0.2) is 95.4 Å². The first kappa shape index (κ1) is 18.0. The second kappa shape index (κ2) is 6.75. The lowest BCUT2D eigenvalue weighted by Crippen LogP contribution is -2.37. The number of hydrogen-bond donors (Lipinski definition) is 0. The van der Waals surface area contributed by atoms with Gasteiger partial charge < -0.3 is 4.42 Å². The molecule has 0 saturated carbocycles. The van der Waals surface area contributed by atoms with Crippen LogP contribution in [-0.4, -0.2) is 8.07 Å². The number of furan rings is 1. The van der Waals surface area contributed by atoms with Gasteiger partial charge in [0.1, 0.15) is 11.2 Å². The SMILES string of the molecule is C[Si](C)(C)c1cccc(-c2ccc(-c3ccc4oc5ccccc5c4c3)cc2)c1. The highest BCUT2D eigenvalue weighted by Gasteiger charge is 2.16. The Balaban J connectivity index is 1.53. The van der Waals surface area contributed by atoms with Gasteiger partial charge in [-0.05, 0) is 40.5 Å². The lowest BCUT2D eigenvalue weighted by molar-refractivity contribution is 0.669. The Bertz CT molecular complexity index is 1320. The highest BCUT2D eigenvalue weighted by molar-refractivity contribution is 6.88. The van der Waals surface area contributed by atoms with Crippen LogP contribution in [0.5, 0.6) is 0 Å². The maximum absolute atomic E-state index is 5.96. The van der Waals surface area contributed by atoms with Crippen LogP contribution in [0.4, 0.5) is 0 Å². The second-order valence-corrected chi connectivity index (χ2v) is 13.8. The molecule has 142 valence electrons. The van der Waals surface area contributed by atoms with Crippen LogP contribution in [0.3, 0.4) is 0 Å². The Kier molecular flexibility index (Phi) is 4.18. The van der Waals surface area contributed by atoms with Gasteiger partial charge in [-0.1, -0.05) is 97.6 Å². The minimum Gasteiger partial charge on any atom is -0.456 e. The molecule has 5 rings (SSSR count). The first-order chi connectivity index (χ1) is 14.0. The molecule has 0 saturated heterocycles. The number of rotatable bonds is 3. The molecule has 0 amide bonds. The lowest BCUT2D eigenvalue weighted by Gasteiger charge is -2.17. The van der Waals surface area contributed by atoms with E-state index in [-0.39, 0.29) is 0 Å². The summed E-state index contributed by atoms with van der Waals surface area (Å²) in [4.78, 5) is 0. The van der Waals surface area contributed by atoms with E-state index in [4.69, 9.17) is 4.42 Å². The standard InChI is InChI=1S/C27H24OSi/c1-29(2,3)23-8-6-7-21(17-23)19-11-13-20(14-12-19)22-15-16-27-25(18-22)24-9-4-5-10-26(24)28-27/h4-18H,1-3H3. The molecule has 4 aromatic carbocycles. The molecular weight excluding hydrogens is 368 g/mol. The summed E-state index contributed by atoms with van der Waals surface area (Å²) in [5, 5.41) is 3.84. The van der Waals surface area contributed by atoms with Crippen molar-refractivity contribution in [2.75, 3.05) is 0 Å². The minimum absolute atomic E-state index is 0.940. The van der Waals surface area contributed by atoms with Crippen molar-refractivity contribution in [2.24, 2.45) is 0 Å². The number of benzene rings is 4. The topological polar surface area (TPSA) is 13.1 Å². The Morgan fingerprint density at radius 1 is 0.517 bits per heavy atom. The van der Waals surface area contributed by atoms with E-state index in [1.54, 1.807) is 0 Å². The molecule has 0 unspecified atom stereocenters. The quantitative estimate of drug-likeness (QED) is 0.290. The van der Waals surface area contributed by atoms with Crippen LogP contribution in [0.25, 0.3) is 44.2 Å². The summed E-state index contributed by atoms with van der Waals surface area (Å²) in [6.45, 7) is 7.18. The highest BCUT2D eigenvalue weighted by atomic mass is 28.3. The molecule has 0 radical (unpaired) electrons. The molecule has 0 atom stereocenters. The largest absolute Gasteiger partial charge is 0.456 e. The maximum atomic E-state index is 5.96. The molecule has 0 aliphatic carbocycles. The molecule has 0 aliphatic rings. The van der Waals surface area contributed by atoms with Crippen LogP contribution in [-0.2, 0) is 0 Å². The van der Waals surface area contributed by atoms with Crippen LogP contribution in [0.1, 0.15) is 0 Å². The van der Waals surface area contributed by atoms with Gasteiger partial charge in [-0.25, -0.2) is 0 Å². The van der Waals surface area contributed by atoms with Gasteiger partial charge in [0.2, 0.25) is 0 Å². The molecule has 1 heterocycles. The van der Waals surface area contributed by atoms with Gasteiger partial charge in [0.05, 0.1) is 8.07 Å². The van der Waals surface area contributed by atoms with E-state index < -0.39 is 8.07 Å². The third-order valence-electron chi connectivity index (χ3n) is 5.66. The summed E-state index contributed by atoms with van der Waals surface area (Å²) < 4.78 is 5.96. The van der Waals surface area contributed by atoms with E-state index in [1.165, 1.54) is 38.2 Å². The first-order valence-corrected chi connectivity index (χ1v) is 13.6. The van der Waals surface area contributed by atoms with Crippen LogP contribution < -0.4 is 5.19 Å². The average Bonchev–Trinajstić information content (AvgIpc) is 3.11. The fraction of sp³-hybridized carbons (Fsp3) is 0.111. The average molecular weight is 393 g/mol. The molecule has 1 nitrogen and oxygen atoms in total. The van der Waals surface area contributed by atoms with Crippen molar-refractivity contribution in [2.45, 2.75) is 19.6 Å². The Labute approximate surface area is 172 Å². The summed E-state index contributed by atoms with van der Waals surface area (Å²) in [6.07, 6.45) is 0. The van der Waals surface area contributed by atoms with Gasteiger partial charge in [-0.15, -0.1) is 0 Å². The van der Waals surface area contributed by atoms with E-state index in [1.807, 2.05) is 12.1 Å². The normalized spacial score (nSPS) is 12.0. The predicted octanol–water partition coefficient (Wildman–Crippen LogP) is 7.47. The molecule has 1 aromatic heterocycles. The molecule has 0 N–H and O–H groups in total. The van der Waals surface area contributed by atoms with E-state index in [2.05, 4.69) is 98.5 Å². The summed E-state index contributed by atoms with van der Waals surface area (Å²) >= 11 is 0. The molecule has 0 fully saturated rings. The Hall–Kier alpha value is -3.10. The van der Waals surface area contributed by atoms with Crippen LogP contribution in [0.2, 0.25) is 19.6 Å². The van der Waals surface area contributed by atoms with Crippen molar-refractivity contribution < 1.29 is 4.42 Å². The van der Waals surface area contributed by atoms with Gasteiger partial charge in [0.15, 0.2) is 0 Å². The lowest BCUT2D eigenvalue weighted by atomic mass is 9.99. The van der Waals surface area contributed by atoms with Gasteiger partial charge in [0, 0.05) is 10.8 Å². The maximum Gasteiger partial charge on any atom is 0.135 e. The second-order valence-electron chi connectivity index (χ2n) is 8.72. The van der Waals surface area contributed by atoms with Crippen LogP contribution in [0, 0.1) is 0 Å². The molecular formula is C27H24OSi.